The van der Waals surface area contributed by atoms with E-state index < -0.39 is 24.8 Å². The van der Waals surface area contributed by atoms with Gasteiger partial charge in [-0.3, -0.25) is 0 Å². The van der Waals surface area contributed by atoms with Crippen LogP contribution in [0.25, 0.3) is 0 Å². The number of halogens is 1. The molecule has 0 radical (unpaired) electrons. The SMILES string of the molecule is [CH3][Sn]([CH3])([CH3])[O]C(=O)c1ccccc1C(=O)Nc1ccc(Br)cc1. The van der Waals surface area contributed by atoms with Crippen LogP contribution in [0.3, 0.4) is 0 Å². The molecule has 0 aliphatic carbocycles. The second kappa shape index (κ2) is 7.49. The van der Waals surface area contributed by atoms with Crippen molar-refractivity contribution in [3.8, 4) is 0 Å². The van der Waals surface area contributed by atoms with Crippen LogP contribution < -0.4 is 5.32 Å². The van der Waals surface area contributed by atoms with Crippen LogP contribution in [-0.4, -0.2) is 30.7 Å². The minimum absolute atomic E-state index is 0.300. The Labute approximate surface area is 148 Å². The molecule has 120 valence electrons. The first-order chi connectivity index (χ1) is 10.8. The van der Waals surface area contributed by atoms with Gasteiger partial charge in [0.1, 0.15) is 0 Å². The summed E-state index contributed by atoms with van der Waals surface area (Å²) in [5.41, 5.74) is 1.28. The van der Waals surface area contributed by atoms with E-state index in [0.29, 0.717) is 16.8 Å². The second-order valence-electron chi connectivity index (χ2n) is 6.01. The van der Waals surface area contributed by atoms with Crippen molar-refractivity contribution in [2.75, 3.05) is 5.32 Å². The molecule has 23 heavy (non-hydrogen) atoms. The number of amides is 1. The number of carbonyl (C=O) groups excluding carboxylic acids is 2. The summed E-state index contributed by atoms with van der Waals surface area (Å²) >= 11 is 0.598. The molecule has 0 unspecified atom stereocenters. The van der Waals surface area contributed by atoms with E-state index in [1.54, 1.807) is 36.4 Å². The molecule has 0 aromatic heterocycles. The first-order valence-corrected chi connectivity index (χ1v) is 17.7. The molecule has 6 heteroatoms. The van der Waals surface area contributed by atoms with Crippen LogP contribution >= 0.6 is 15.9 Å². The molecule has 0 bridgehead atoms. The average molecular weight is 483 g/mol. The van der Waals surface area contributed by atoms with Crippen molar-refractivity contribution >= 4 is 52.3 Å². The van der Waals surface area contributed by atoms with Gasteiger partial charge in [-0.2, -0.15) is 0 Å². The van der Waals surface area contributed by atoms with E-state index in [-0.39, 0.29) is 5.91 Å². The number of hydrogen-bond acceptors (Lipinski definition) is 3. The van der Waals surface area contributed by atoms with Crippen molar-refractivity contribution in [1.82, 2.24) is 0 Å². The fourth-order valence-corrected chi connectivity index (χ4v) is 4.09. The van der Waals surface area contributed by atoms with Crippen LogP contribution in [-0.2, 0) is 3.07 Å². The van der Waals surface area contributed by atoms with Gasteiger partial charge in [-0.05, 0) is 0 Å². The zero-order valence-electron chi connectivity index (χ0n) is 13.2. The van der Waals surface area contributed by atoms with Crippen molar-refractivity contribution in [2.24, 2.45) is 0 Å². The molecule has 4 nitrogen and oxygen atoms in total. The maximum atomic E-state index is 12.5. The summed E-state index contributed by atoms with van der Waals surface area (Å²) in [6, 6.07) is 14.0. The molecule has 0 aliphatic heterocycles. The Kier molecular flexibility index (Phi) is 5.86. The summed E-state index contributed by atoms with van der Waals surface area (Å²) in [5.74, 6) is -0.751. The summed E-state index contributed by atoms with van der Waals surface area (Å²) in [4.78, 5) is 30.8. The Morgan fingerprint density at radius 2 is 1.52 bits per heavy atom. The van der Waals surface area contributed by atoms with Crippen molar-refractivity contribution < 1.29 is 12.7 Å². The van der Waals surface area contributed by atoms with E-state index in [1.165, 1.54) is 0 Å². The van der Waals surface area contributed by atoms with Crippen LogP contribution in [0.5, 0.6) is 0 Å². The van der Waals surface area contributed by atoms with E-state index in [2.05, 4.69) is 21.2 Å². The van der Waals surface area contributed by atoms with E-state index >= 15 is 0 Å². The van der Waals surface area contributed by atoms with E-state index in [0.717, 1.165) is 4.47 Å². The summed E-state index contributed by atoms with van der Waals surface area (Å²) in [6.45, 7) is 0. The summed E-state index contributed by atoms with van der Waals surface area (Å²) in [7, 11) is 0. The van der Waals surface area contributed by atoms with Gasteiger partial charge >= 0.3 is 149 Å². The van der Waals surface area contributed by atoms with Gasteiger partial charge < -0.3 is 0 Å². The Bertz CT molecular complexity index is 723. The molecule has 0 aliphatic rings. The fourth-order valence-electron chi connectivity index (χ4n) is 1.92. The first-order valence-electron chi connectivity index (χ1n) is 7.15. The molecule has 2 aromatic carbocycles. The maximum absolute atomic E-state index is 12.5. The normalized spacial score (nSPS) is 11.0. The molecule has 1 amide bonds. The van der Waals surface area contributed by atoms with Gasteiger partial charge in [0, 0.05) is 0 Å². The number of rotatable bonds is 4. The molecule has 0 atom stereocenters. The zero-order chi connectivity index (χ0) is 17.0. The van der Waals surface area contributed by atoms with Crippen LogP contribution in [0, 0.1) is 0 Å². The molecule has 2 aromatic rings. The Balaban J connectivity index is 2.24. The molecule has 1 N–H and O–H groups in total. The standard InChI is InChI=1S/C14H10BrNO3.3CH3.Sn/c15-9-5-7-10(8-6-9)16-13(17)11-3-1-2-4-12(11)14(18)19;;;;/h1-8H,(H,16,17)(H,18,19);3*1H3;/q;;;;+1/p-1. The molecule has 2 rings (SSSR count). The first kappa shape index (κ1) is 18.0. The predicted molar refractivity (Wildman–Crippen MR) is 97.3 cm³/mol. The third kappa shape index (κ3) is 5.35. The summed E-state index contributed by atoms with van der Waals surface area (Å²) in [6.07, 6.45) is 0. The van der Waals surface area contributed by atoms with E-state index in [9.17, 15) is 9.59 Å². The molecular formula is C17H18BrNO3Sn. The molecule has 0 fully saturated rings. The van der Waals surface area contributed by atoms with Gasteiger partial charge in [-0.25, -0.2) is 0 Å². The Morgan fingerprint density at radius 3 is 2.09 bits per heavy atom. The van der Waals surface area contributed by atoms with Crippen LogP contribution in [0.2, 0.25) is 14.8 Å². The topological polar surface area (TPSA) is 55.4 Å². The van der Waals surface area contributed by atoms with Crippen molar-refractivity contribution in [2.45, 2.75) is 14.8 Å². The van der Waals surface area contributed by atoms with Gasteiger partial charge in [0.15, 0.2) is 0 Å². The van der Waals surface area contributed by atoms with Gasteiger partial charge in [-0.15, -0.1) is 0 Å². The third-order valence-corrected chi connectivity index (χ3v) is 5.70. The minimum atomic E-state index is -2.75. The van der Waals surface area contributed by atoms with E-state index in [4.69, 9.17) is 3.07 Å². The van der Waals surface area contributed by atoms with Crippen LogP contribution in [0.4, 0.5) is 5.69 Å². The van der Waals surface area contributed by atoms with Crippen molar-refractivity contribution in [3.63, 3.8) is 0 Å². The number of nitrogens with one attached hydrogen (secondary N) is 1. The Hall–Kier alpha value is -1.34. The van der Waals surface area contributed by atoms with Gasteiger partial charge in [-0.1, -0.05) is 0 Å². The number of anilines is 1. The number of carbonyl (C=O) groups is 2. The van der Waals surface area contributed by atoms with Gasteiger partial charge in [0.05, 0.1) is 0 Å². The van der Waals surface area contributed by atoms with Crippen molar-refractivity contribution in [1.29, 1.82) is 0 Å². The van der Waals surface area contributed by atoms with Crippen LogP contribution in [0.1, 0.15) is 20.7 Å². The quantitative estimate of drug-likeness (QED) is 0.643. The molecule has 0 heterocycles. The third-order valence-electron chi connectivity index (χ3n) is 2.89. The molecule has 0 spiro atoms. The van der Waals surface area contributed by atoms with Crippen LogP contribution in [0.15, 0.2) is 53.0 Å². The molecule has 0 saturated heterocycles. The second-order valence-corrected chi connectivity index (χ2v) is 19.6. The molecular weight excluding hydrogens is 465 g/mol. The zero-order valence-corrected chi connectivity index (χ0v) is 17.7. The number of hydrogen-bond donors (Lipinski definition) is 1. The monoisotopic (exact) mass is 483 g/mol. The number of benzene rings is 2. The Morgan fingerprint density at radius 1 is 0.957 bits per heavy atom. The average Bonchev–Trinajstić information content (AvgIpc) is 2.48. The molecule has 0 saturated carbocycles. The van der Waals surface area contributed by atoms with Crippen molar-refractivity contribution in [3.05, 3.63) is 64.1 Å². The van der Waals surface area contributed by atoms with Gasteiger partial charge in [0.2, 0.25) is 0 Å². The predicted octanol–water partition coefficient (Wildman–Crippen LogP) is 4.69. The van der Waals surface area contributed by atoms with E-state index in [1.807, 2.05) is 27.0 Å². The fraction of sp³-hybridized carbons (Fsp3) is 0.176. The van der Waals surface area contributed by atoms with Gasteiger partial charge in [0.25, 0.3) is 0 Å². The summed E-state index contributed by atoms with van der Waals surface area (Å²) < 4.78 is 6.49. The summed E-state index contributed by atoms with van der Waals surface area (Å²) in [5, 5.41) is 2.79.